The van der Waals surface area contributed by atoms with Crippen molar-refractivity contribution in [1.29, 1.82) is 0 Å². The number of aliphatic hydroxyl groups is 1. The highest BCUT2D eigenvalue weighted by atomic mass is 16.5. The van der Waals surface area contributed by atoms with Gasteiger partial charge >= 0.3 is 0 Å². The van der Waals surface area contributed by atoms with Crippen LogP contribution in [0.5, 0.6) is 5.75 Å². The summed E-state index contributed by atoms with van der Waals surface area (Å²) in [7, 11) is 1.55. The van der Waals surface area contributed by atoms with Crippen LogP contribution in [0.25, 0.3) is 5.76 Å². The third-order valence-electron chi connectivity index (χ3n) is 5.73. The van der Waals surface area contributed by atoms with Crippen molar-refractivity contribution in [2.24, 2.45) is 0 Å². The molecule has 0 spiro atoms. The summed E-state index contributed by atoms with van der Waals surface area (Å²) in [6.07, 6.45) is 1.52. The SMILES string of the molecule is COc1ccc(/C(O)=C2\C(=O)C(=O)N(Cc3ccco3)C2c2ccc(C(C)C)cc2)cc1. The van der Waals surface area contributed by atoms with Gasteiger partial charge in [0.2, 0.25) is 0 Å². The Balaban J connectivity index is 1.83. The zero-order valence-electron chi connectivity index (χ0n) is 18.2. The Morgan fingerprint density at radius 1 is 1.06 bits per heavy atom. The van der Waals surface area contributed by atoms with E-state index in [1.807, 2.05) is 24.3 Å². The van der Waals surface area contributed by atoms with E-state index in [4.69, 9.17) is 9.15 Å². The summed E-state index contributed by atoms with van der Waals surface area (Å²) in [5.74, 6) is -0.0818. The molecule has 1 atom stereocenters. The molecule has 2 heterocycles. The Labute approximate surface area is 186 Å². The molecule has 1 aliphatic heterocycles. The van der Waals surface area contributed by atoms with Crippen LogP contribution in [0.4, 0.5) is 0 Å². The second-order valence-corrected chi connectivity index (χ2v) is 8.06. The van der Waals surface area contributed by atoms with Gasteiger partial charge in [-0.15, -0.1) is 0 Å². The number of carbonyl (C=O) groups is 2. The fraction of sp³-hybridized carbons (Fsp3) is 0.231. The Kier molecular flexibility index (Phi) is 5.86. The van der Waals surface area contributed by atoms with Crippen molar-refractivity contribution in [2.45, 2.75) is 32.4 Å². The largest absolute Gasteiger partial charge is 0.507 e. The number of nitrogens with zero attached hydrogens (tertiary/aromatic N) is 1. The highest BCUT2D eigenvalue weighted by Gasteiger charge is 2.46. The van der Waals surface area contributed by atoms with E-state index in [1.54, 1.807) is 43.5 Å². The fourth-order valence-corrected chi connectivity index (χ4v) is 3.93. The summed E-state index contributed by atoms with van der Waals surface area (Å²) < 4.78 is 10.6. The van der Waals surface area contributed by atoms with Gasteiger partial charge in [0.25, 0.3) is 11.7 Å². The van der Waals surface area contributed by atoms with E-state index in [-0.39, 0.29) is 17.9 Å². The van der Waals surface area contributed by atoms with E-state index >= 15 is 0 Å². The number of ether oxygens (including phenoxy) is 1. The van der Waals surface area contributed by atoms with Gasteiger partial charge < -0.3 is 19.2 Å². The molecule has 1 aromatic heterocycles. The monoisotopic (exact) mass is 431 g/mol. The van der Waals surface area contributed by atoms with Gasteiger partial charge in [0.15, 0.2) is 0 Å². The number of hydrogen-bond acceptors (Lipinski definition) is 5. The quantitative estimate of drug-likeness (QED) is 0.336. The maximum atomic E-state index is 13.1. The van der Waals surface area contributed by atoms with E-state index in [0.717, 1.165) is 11.1 Å². The second-order valence-electron chi connectivity index (χ2n) is 8.06. The summed E-state index contributed by atoms with van der Waals surface area (Å²) in [6, 6.07) is 17.2. The molecule has 164 valence electrons. The average molecular weight is 431 g/mol. The molecule has 6 heteroatoms. The van der Waals surface area contributed by atoms with Crippen LogP contribution in [0.3, 0.4) is 0 Å². The Morgan fingerprint density at radius 2 is 1.75 bits per heavy atom. The van der Waals surface area contributed by atoms with Crippen molar-refractivity contribution < 1.29 is 23.8 Å². The zero-order chi connectivity index (χ0) is 22.8. The van der Waals surface area contributed by atoms with Crippen molar-refractivity contribution in [3.63, 3.8) is 0 Å². The lowest BCUT2D eigenvalue weighted by molar-refractivity contribution is -0.140. The average Bonchev–Trinajstić information content (AvgIpc) is 3.41. The van der Waals surface area contributed by atoms with Gasteiger partial charge in [0.1, 0.15) is 17.3 Å². The number of aliphatic hydroxyl groups excluding tert-OH is 1. The number of likely N-dealkylation sites (tertiary alicyclic amines) is 1. The number of carbonyl (C=O) groups excluding carboxylic acids is 2. The molecule has 0 radical (unpaired) electrons. The maximum absolute atomic E-state index is 13.1. The van der Waals surface area contributed by atoms with Crippen LogP contribution in [0.1, 0.15) is 48.3 Å². The number of amides is 1. The van der Waals surface area contributed by atoms with Crippen LogP contribution in [0.2, 0.25) is 0 Å². The lowest BCUT2D eigenvalue weighted by Gasteiger charge is -2.25. The third kappa shape index (κ3) is 3.91. The molecule has 1 aliphatic rings. The molecule has 1 amide bonds. The minimum absolute atomic E-state index is 0.0593. The minimum Gasteiger partial charge on any atom is -0.507 e. The first-order valence-electron chi connectivity index (χ1n) is 10.5. The van der Waals surface area contributed by atoms with Gasteiger partial charge in [-0.2, -0.15) is 0 Å². The smallest absolute Gasteiger partial charge is 0.296 e. The first-order valence-corrected chi connectivity index (χ1v) is 10.5. The normalized spacial score (nSPS) is 17.9. The standard InChI is InChI=1S/C26H25NO5/c1-16(2)17-6-8-18(9-7-17)23-22(24(28)19-10-12-20(31-3)13-11-19)25(29)26(30)27(23)15-21-5-4-14-32-21/h4-14,16,23,28H,15H2,1-3H3/b24-22+. The topological polar surface area (TPSA) is 80.0 Å². The van der Waals surface area contributed by atoms with Crippen molar-refractivity contribution in [3.05, 3.63) is 95.0 Å². The summed E-state index contributed by atoms with van der Waals surface area (Å²) in [5, 5.41) is 11.1. The van der Waals surface area contributed by atoms with E-state index in [9.17, 15) is 14.7 Å². The van der Waals surface area contributed by atoms with E-state index < -0.39 is 17.7 Å². The molecule has 2 aromatic carbocycles. The highest BCUT2D eigenvalue weighted by Crippen LogP contribution is 2.40. The van der Waals surface area contributed by atoms with E-state index in [1.165, 1.54) is 11.2 Å². The predicted octanol–water partition coefficient (Wildman–Crippen LogP) is 5.03. The van der Waals surface area contributed by atoms with Crippen molar-refractivity contribution in [1.82, 2.24) is 4.90 Å². The van der Waals surface area contributed by atoms with Gasteiger partial charge in [-0.25, -0.2) is 0 Å². The third-order valence-corrected chi connectivity index (χ3v) is 5.73. The Morgan fingerprint density at radius 3 is 2.31 bits per heavy atom. The van der Waals surface area contributed by atoms with Gasteiger partial charge in [-0.1, -0.05) is 38.1 Å². The fourth-order valence-electron chi connectivity index (χ4n) is 3.93. The number of methoxy groups -OCH3 is 1. The molecule has 6 nitrogen and oxygen atoms in total. The number of benzene rings is 2. The van der Waals surface area contributed by atoms with Crippen LogP contribution in [0, 0.1) is 0 Å². The van der Waals surface area contributed by atoms with Crippen LogP contribution in [0.15, 0.2) is 76.9 Å². The van der Waals surface area contributed by atoms with Crippen LogP contribution in [-0.2, 0) is 16.1 Å². The summed E-state index contributed by atoms with van der Waals surface area (Å²) in [6.45, 7) is 4.32. The molecule has 1 unspecified atom stereocenters. The number of hydrogen-bond donors (Lipinski definition) is 1. The van der Waals surface area contributed by atoms with Gasteiger partial charge in [-0.05, 0) is 53.4 Å². The summed E-state index contributed by atoms with van der Waals surface area (Å²) in [5.41, 5.74) is 2.39. The first-order chi connectivity index (χ1) is 15.4. The molecule has 0 aliphatic carbocycles. The van der Waals surface area contributed by atoms with Crippen LogP contribution >= 0.6 is 0 Å². The lowest BCUT2D eigenvalue weighted by Crippen LogP contribution is -2.29. The Hall–Kier alpha value is -3.80. The van der Waals surface area contributed by atoms with E-state index in [0.29, 0.717) is 23.0 Å². The van der Waals surface area contributed by atoms with E-state index in [2.05, 4.69) is 13.8 Å². The number of ketones is 1. The number of rotatable bonds is 6. The van der Waals surface area contributed by atoms with Crippen molar-refractivity contribution in [2.75, 3.05) is 7.11 Å². The molecule has 3 aromatic rings. The molecular formula is C26H25NO5. The molecule has 4 rings (SSSR count). The van der Waals surface area contributed by atoms with Crippen LogP contribution < -0.4 is 4.74 Å². The van der Waals surface area contributed by atoms with Crippen LogP contribution in [-0.4, -0.2) is 28.8 Å². The number of furan rings is 1. The highest BCUT2D eigenvalue weighted by molar-refractivity contribution is 6.46. The molecule has 0 saturated carbocycles. The summed E-state index contributed by atoms with van der Waals surface area (Å²) >= 11 is 0. The van der Waals surface area contributed by atoms with Crippen molar-refractivity contribution >= 4 is 17.4 Å². The molecule has 1 N–H and O–H groups in total. The molecular weight excluding hydrogens is 406 g/mol. The van der Waals surface area contributed by atoms with Gasteiger partial charge in [-0.3, -0.25) is 9.59 Å². The van der Waals surface area contributed by atoms with Gasteiger partial charge in [0, 0.05) is 5.56 Å². The maximum Gasteiger partial charge on any atom is 0.296 e. The van der Waals surface area contributed by atoms with Crippen molar-refractivity contribution in [3.8, 4) is 5.75 Å². The molecule has 32 heavy (non-hydrogen) atoms. The predicted molar refractivity (Wildman–Crippen MR) is 120 cm³/mol. The Bertz CT molecular complexity index is 1140. The molecule has 0 bridgehead atoms. The first kappa shape index (κ1) is 21.4. The summed E-state index contributed by atoms with van der Waals surface area (Å²) in [4.78, 5) is 27.5. The second kappa shape index (κ2) is 8.75. The zero-order valence-corrected chi connectivity index (χ0v) is 18.2. The minimum atomic E-state index is -0.733. The molecule has 1 saturated heterocycles. The molecule has 1 fully saturated rings. The van der Waals surface area contributed by atoms with Gasteiger partial charge in [0.05, 0.1) is 31.5 Å². The number of Topliss-reactive ketones (excluding diaryl/α,β-unsaturated/α-hetero) is 1. The lowest BCUT2D eigenvalue weighted by atomic mass is 9.93.